The van der Waals surface area contributed by atoms with Crippen LogP contribution < -0.4 is 5.56 Å². The number of hydrogen-bond donors (Lipinski definition) is 1. The molecule has 0 saturated heterocycles. The van der Waals surface area contributed by atoms with Crippen LogP contribution >= 0.6 is 0 Å². The van der Waals surface area contributed by atoms with Gasteiger partial charge in [-0.05, 0) is 11.6 Å². The fourth-order valence-corrected chi connectivity index (χ4v) is 1.81. The standard InChI is InChI=1S/C14H12F3NO2/c15-14(16,17)11-6-7-13(20)18(8-11)9-12(19)10-4-2-1-3-5-10/h1-8,12,19H,9H2. The monoisotopic (exact) mass is 283 g/mol. The molecule has 3 nitrogen and oxygen atoms in total. The molecule has 0 aliphatic heterocycles. The van der Waals surface area contributed by atoms with Crippen molar-refractivity contribution in [3.05, 3.63) is 70.1 Å². The Kier molecular flexibility index (Phi) is 3.94. The van der Waals surface area contributed by atoms with E-state index in [1.807, 2.05) is 0 Å². The second kappa shape index (κ2) is 5.50. The molecule has 2 aromatic rings. The second-order valence-electron chi connectivity index (χ2n) is 4.33. The van der Waals surface area contributed by atoms with Crippen molar-refractivity contribution in [2.75, 3.05) is 0 Å². The van der Waals surface area contributed by atoms with Crippen LogP contribution in [0.4, 0.5) is 13.2 Å². The summed E-state index contributed by atoms with van der Waals surface area (Å²) in [4.78, 5) is 11.5. The lowest BCUT2D eigenvalue weighted by Crippen LogP contribution is -2.24. The average Bonchev–Trinajstić information content (AvgIpc) is 2.41. The van der Waals surface area contributed by atoms with E-state index in [0.717, 1.165) is 16.7 Å². The molecule has 1 N–H and O–H groups in total. The number of aromatic nitrogens is 1. The van der Waals surface area contributed by atoms with Crippen LogP contribution in [0.25, 0.3) is 0 Å². The van der Waals surface area contributed by atoms with E-state index in [1.54, 1.807) is 30.3 Å². The van der Waals surface area contributed by atoms with Crippen LogP contribution in [0.2, 0.25) is 0 Å². The molecule has 106 valence electrons. The number of rotatable bonds is 3. The van der Waals surface area contributed by atoms with E-state index in [0.29, 0.717) is 11.8 Å². The molecule has 0 spiro atoms. The van der Waals surface area contributed by atoms with Crippen molar-refractivity contribution in [2.24, 2.45) is 0 Å². The number of aliphatic hydroxyl groups is 1. The van der Waals surface area contributed by atoms with Crippen molar-refractivity contribution in [3.63, 3.8) is 0 Å². The molecule has 0 aliphatic carbocycles. The van der Waals surface area contributed by atoms with E-state index >= 15 is 0 Å². The lowest BCUT2D eigenvalue weighted by atomic mass is 10.1. The van der Waals surface area contributed by atoms with E-state index in [2.05, 4.69) is 0 Å². The van der Waals surface area contributed by atoms with Crippen LogP contribution in [-0.2, 0) is 12.7 Å². The zero-order valence-electron chi connectivity index (χ0n) is 10.3. The maximum absolute atomic E-state index is 12.6. The first-order valence-corrected chi connectivity index (χ1v) is 5.88. The first-order valence-electron chi connectivity index (χ1n) is 5.88. The Morgan fingerprint density at radius 2 is 1.75 bits per heavy atom. The zero-order chi connectivity index (χ0) is 14.8. The summed E-state index contributed by atoms with van der Waals surface area (Å²) in [5.74, 6) is 0. The Morgan fingerprint density at radius 3 is 2.35 bits per heavy atom. The fourth-order valence-electron chi connectivity index (χ4n) is 1.81. The molecule has 1 aromatic carbocycles. The number of aliphatic hydroxyl groups excluding tert-OH is 1. The van der Waals surface area contributed by atoms with Crippen molar-refractivity contribution in [1.29, 1.82) is 0 Å². The molecular weight excluding hydrogens is 271 g/mol. The number of pyridine rings is 1. The van der Waals surface area contributed by atoms with Crippen molar-refractivity contribution >= 4 is 0 Å². The lowest BCUT2D eigenvalue weighted by Gasteiger charge is -2.14. The summed E-state index contributed by atoms with van der Waals surface area (Å²) >= 11 is 0. The molecule has 0 radical (unpaired) electrons. The zero-order valence-corrected chi connectivity index (χ0v) is 10.3. The summed E-state index contributed by atoms with van der Waals surface area (Å²) in [7, 11) is 0. The van der Waals surface area contributed by atoms with Crippen LogP contribution in [0, 0.1) is 0 Å². The predicted octanol–water partition coefficient (Wildman–Crippen LogP) is 2.60. The summed E-state index contributed by atoms with van der Waals surface area (Å²) in [5.41, 5.74) is -0.970. The van der Waals surface area contributed by atoms with Gasteiger partial charge in [0.05, 0.1) is 18.2 Å². The molecular formula is C14H12F3NO2. The van der Waals surface area contributed by atoms with Gasteiger partial charge in [0.2, 0.25) is 0 Å². The van der Waals surface area contributed by atoms with Crippen LogP contribution in [0.5, 0.6) is 0 Å². The number of benzene rings is 1. The van der Waals surface area contributed by atoms with Gasteiger partial charge < -0.3 is 9.67 Å². The maximum atomic E-state index is 12.6. The predicted molar refractivity (Wildman–Crippen MR) is 67.1 cm³/mol. The minimum Gasteiger partial charge on any atom is -0.387 e. The van der Waals surface area contributed by atoms with Gasteiger partial charge in [-0.2, -0.15) is 13.2 Å². The highest BCUT2D eigenvalue weighted by atomic mass is 19.4. The maximum Gasteiger partial charge on any atom is 0.417 e. The molecule has 0 bridgehead atoms. The molecule has 0 aliphatic rings. The van der Waals surface area contributed by atoms with E-state index in [1.165, 1.54) is 0 Å². The summed E-state index contributed by atoms with van der Waals surface area (Å²) in [6.45, 7) is -0.229. The molecule has 0 amide bonds. The van der Waals surface area contributed by atoms with E-state index in [-0.39, 0.29) is 6.54 Å². The van der Waals surface area contributed by atoms with Gasteiger partial charge in [-0.3, -0.25) is 4.79 Å². The molecule has 0 saturated carbocycles. The van der Waals surface area contributed by atoms with Crippen molar-refractivity contribution < 1.29 is 18.3 Å². The van der Waals surface area contributed by atoms with Crippen molar-refractivity contribution in [2.45, 2.75) is 18.8 Å². The molecule has 1 unspecified atom stereocenters. The highest BCUT2D eigenvalue weighted by Gasteiger charge is 2.31. The Labute approximate surface area is 112 Å². The van der Waals surface area contributed by atoms with Gasteiger partial charge in [0.15, 0.2) is 0 Å². The van der Waals surface area contributed by atoms with Gasteiger partial charge in [0, 0.05) is 12.3 Å². The average molecular weight is 283 g/mol. The van der Waals surface area contributed by atoms with Crippen molar-refractivity contribution in [3.8, 4) is 0 Å². The normalized spacial score (nSPS) is 13.2. The number of alkyl halides is 3. The van der Waals surface area contributed by atoms with Crippen LogP contribution in [0.15, 0.2) is 53.5 Å². The SMILES string of the molecule is O=c1ccc(C(F)(F)F)cn1CC(O)c1ccccc1. The molecule has 1 aromatic heterocycles. The number of nitrogens with zero attached hydrogens (tertiary/aromatic N) is 1. The van der Waals surface area contributed by atoms with Gasteiger partial charge >= 0.3 is 6.18 Å². The minimum atomic E-state index is -4.52. The summed E-state index contributed by atoms with van der Waals surface area (Å²) in [6, 6.07) is 10.0. The number of halogens is 3. The summed E-state index contributed by atoms with van der Waals surface area (Å²) in [5, 5.41) is 9.95. The van der Waals surface area contributed by atoms with Gasteiger partial charge in [0.1, 0.15) is 0 Å². The fraction of sp³-hybridized carbons (Fsp3) is 0.214. The van der Waals surface area contributed by atoms with Gasteiger partial charge in [-0.1, -0.05) is 30.3 Å². The quantitative estimate of drug-likeness (QED) is 0.940. The van der Waals surface area contributed by atoms with Crippen LogP contribution in [0.1, 0.15) is 17.2 Å². The molecule has 2 rings (SSSR count). The topological polar surface area (TPSA) is 42.2 Å². The Morgan fingerprint density at radius 1 is 1.10 bits per heavy atom. The Balaban J connectivity index is 2.27. The first kappa shape index (κ1) is 14.3. The Bertz CT molecular complexity index is 635. The minimum absolute atomic E-state index is 0.229. The highest BCUT2D eigenvalue weighted by Crippen LogP contribution is 2.28. The third-order valence-corrected chi connectivity index (χ3v) is 2.86. The molecule has 1 heterocycles. The van der Waals surface area contributed by atoms with Gasteiger partial charge in [0.25, 0.3) is 5.56 Å². The smallest absolute Gasteiger partial charge is 0.387 e. The molecule has 0 fully saturated rings. The van der Waals surface area contributed by atoms with Crippen molar-refractivity contribution in [1.82, 2.24) is 4.57 Å². The summed E-state index contributed by atoms with van der Waals surface area (Å²) in [6.07, 6.45) is -4.85. The third kappa shape index (κ3) is 3.27. The number of hydrogen-bond acceptors (Lipinski definition) is 2. The van der Waals surface area contributed by atoms with Gasteiger partial charge in [-0.15, -0.1) is 0 Å². The molecule has 6 heteroatoms. The Hall–Kier alpha value is -2.08. The highest BCUT2D eigenvalue weighted by molar-refractivity contribution is 5.18. The molecule has 20 heavy (non-hydrogen) atoms. The van der Waals surface area contributed by atoms with Crippen LogP contribution in [0.3, 0.4) is 0 Å². The molecule has 1 atom stereocenters. The second-order valence-corrected chi connectivity index (χ2v) is 4.33. The van der Waals surface area contributed by atoms with E-state index in [9.17, 15) is 23.1 Å². The van der Waals surface area contributed by atoms with E-state index < -0.39 is 23.4 Å². The summed E-state index contributed by atoms with van der Waals surface area (Å²) < 4.78 is 38.6. The largest absolute Gasteiger partial charge is 0.417 e. The van der Waals surface area contributed by atoms with Crippen LogP contribution in [-0.4, -0.2) is 9.67 Å². The first-order chi connectivity index (χ1) is 9.38. The van der Waals surface area contributed by atoms with Gasteiger partial charge in [-0.25, -0.2) is 0 Å². The van der Waals surface area contributed by atoms with E-state index in [4.69, 9.17) is 0 Å². The lowest BCUT2D eigenvalue weighted by molar-refractivity contribution is -0.138. The third-order valence-electron chi connectivity index (χ3n) is 2.86.